The monoisotopic (exact) mass is 266 g/mol. The molecule has 1 heterocycles. The predicted molar refractivity (Wildman–Crippen MR) is 70.1 cm³/mol. The van der Waals surface area contributed by atoms with E-state index in [-0.39, 0.29) is 11.5 Å². The van der Waals surface area contributed by atoms with Crippen molar-refractivity contribution in [2.45, 2.75) is 38.2 Å². The van der Waals surface area contributed by atoms with Gasteiger partial charge in [-0.15, -0.1) is 0 Å². The first-order chi connectivity index (χ1) is 9.20. The lowest BCUT2D eigenvalue weighted by Crippen LogP contribution is -2.07. The summed E-state index contributed by atoms with van der Waals surface area (Å²) in [6.45, 7) is 0.836. The first-order valence-corrected chi connectivity index (χ1v) is 6.69. The van der Waals surface area contributed by atoms with Crippen molar-refractivity contribution in [2.75, 3.05) is 13.7 Å². The zero-order valence-corrected chi connectivity index (χ0v) is 11.2. The number of carbonyl (C=O) groups is 1. The summed E-state index contributed by atoms with van der Waals surface area (Å²) in [7, 11) is 1.40. The van der Waals surface area contributed by atoms with E-state index >= 15 is 0 Å². The maximum absolute atomic E-state index is 13.5. The van der Waals surface area contributed by atoms with E-state index < -0.39 is 5.82 Å². The maximum Gasteiger partial charge on any atom is 0.165 e. The molecule has 4 heteroatoms. The summed E-state index contributed by atoms with van der Waals surface area (Å²) in [4.78, 5) is 11.9. The molecule has 1 aliphatic rings. The molecule has 0 N–H and O–H groups in total. The van der Waals surface area contributed by atoms with Crippen molar-refractivity contribution in [2.24, 2.45) is 0 Å². The molecule has 1 aliphatic heterocycles. The van der Waals surface area contributed by atoms with Crippen LogP contribution in [0.1, 0.15) is 42.5 Å². The quantitative estimate of drug-likeness (QED) is 0.741. The molecule has 0 radical (unpaired) electrons. The van der Waals surface area contributed by atoms with Crippen LogP contribution in [0.4, 0.5) is 4.39 Å². The minimum atomic E-state index is -0.493. The third kappa shape index (κ3) is 3.77. The van der Waals surface area contributed by atoms with Gasteiger partial charge in [0.2, 0.25) is 0 Å². The van der Waals surface area contributed by atoms with Gasteiger partial charge in [-0.2, -0.15) is 0 Å². The van der Waals surface area contributed by atoms with E-state index in [4.69, 9.17) is 9.47 Å². The zero-order valence-electron chi connectivity index (χ0n) is 11.2. The Morgan fingerprint density at radius 1 is 1.53 bits per heavy atom. The number of carbonyl (C=O) groups excluding carboxylic acids is 1. The highest BCUT2D eigenvalue weighted by molar-refractivity contribution is 5.96. The van der Waals surface area contributed by atoms with Crippen molar-refractivity contribution in [1.29, 1.82) is 0 Å². The summed E-state index contributed by atoms with van der Waals surface area (Å²) < 4.78 is 23.8. The molecule has 1 unspecified atom stereocenters. The lowest BCUT2D eigenvalue weighted by atomic mass is 10.0. The Bertz CT molecular complexity index is 439. The van der Waals surface area contributed by atoms with Crippen LogP contribution in [0.3, 0.4) is 0 Å². The molecule has 1 aromatic rings. The van der Waals surface area contributed by atoms with Gasteiger partial charge in [0.1, 0.15) is 0 Å². The average molecular weight is 266 g/mol. The molecule has 19 heavy (non-hydrogen) atoms. The minimum absolute atomic E-state index is 0.0282. The van der Waals surface area contributed by atoms with Crippen LogP contribution >= 0.6 is 0 Å². The Balaban J connectivity index is 1.83. The van der Waals surface area contributed by atoms with Crippen molar-refractivity contribution in [1.82, 2.24) is 0 Å². The summed E-state index contributed by atoms with van der Waals surface area (Å²) >= 11 is 0. The summed E-state index contributed by atoms with van der Waals surface area (Å²) in [5.41, 5.74) is 0.408. The molecule has 0 aliphatic carbocycles. The third-order valence-electron chi connectivity index (χ3n) is 3.43. The number of hydrogen-bond acceptors (Lipinski definition) is 3. The highest BCUT2D eigenvalue weighted by Gasteiger charge is 2.16. The number of rotatable bonds is 6. The molecule has 1 saturated heterocycles. The van der Waals surface area contributed by atoms with E-state index in [1.54, 1.807) is 6.07 Å². The first-order valence-electron chi connectivity index (χ1n) is 6.69. The Labute approximate surface area is 112 Å². The normalized spacial score (nSPS) is 18.5. The minimum Gasteiger partial charge on any atom is -0.494 e. The second kappa shape index (κ2) is 6.66. The topological polar surface area (TPSA) is 35.5 Å². The second-order valence-electron chi connectivity index (χ2n) is 4.80. The smallest absolute Gasteiger partial charge is 0.165 e. The van der Waals surface area contributed by atoms with Gasteiger partial charge in [0.15, 0.2) is 17.3 Å². The molecule has 0 bridgehead atoms. The number of ether oxygens (including phenoxy) is 2. The van der Waals surface area contributed by atoms with Gasteiger partial charge in [0, 0.05) is 18.6 Å². The number of benzene rings is 1. The van der Waals surface area contributed by atoms with Crippen molar-refractivity contribution < 1.29 is 18.7 Å². The van der Waals surface area contributed by atoms with E-state index in [0.29, 0.717) is 18.1 Å². The average Bonchev–Trinajstić information content (AvgIpc) is 2.91. The van der Waals surface area contributed by atoms with Crippen LogP contribution in [0.15, 0.2) is 18.2 Å². The summed E-state index contributed by atoms with van der Waals surface area (Å²) in [6, 6.07) is 4.34. The van der Waals surface area contributed by atoms with Gasteiger partial charge in [0.05, 0.1) is 13.2 Å². The molecular weight excluding hydrogens is 247 g/mol. The summed E-state index contributed by atoms with van der Waals surface area (Å²) in [6.07, 6.45) is 4.64. The number of halogens is 1. The Hall–Kier alpha value is -1.42. The molecule has 0 aromatic heterocycles. The number of ketones is 1. The Kier molecular flexibility index (Phi) is 4.91. The summed E-state index contributed by atoms with van der Waals surface area (Å²) in [5.74, 6) is -0.358. The first kappa shape index (κ1) is 14.0. The van der Waals surface area contributed by atoms with E-state index in [1.807, 2.05) is 0 Å². The van der Waals surface area contributed by atoms with Crippen LogP contribution < -0.4 is 4.74 Å². The molecule has 0 spiro atoms. The Morgan fingerprint density at radius 2 is 2.37 bits per heavy atom. The highest BCUT2D eigenvalue weighted by atomic mass is 19.1. The van der Waals surface area contributed by atoms with Crippen LogP contribution in [0.25, 0.3) is 0 Å². The molecule has 0 amide bonds. The van der Waals surface area contributed by atoms with Gasteiger partial charge in [-0.05, 0) is 43.9 Å². The maximum atomic E-state index is 13.5. The molecule has 1 atom stereocenters. The molecule has 1 fully saturated rings. The lowest BCUT2D eigenvalue weighted by Gasteiger charge is -2.08. The Morgan fingerprint density at radius 3 is 3.00 bits per heavy atom. The fourth-order valence-electron chi connectivity index (χ4n) is 2.35. The standard InChI is InChI=1S/C15H19FO3/c1-18-15-8-7-11(10-13(15)16)14(17)6-2-4-12-5-3-9-19-12/h7-8,10,12H,2-6,9H2,1H3. The zero-order chi connectivity index (χ0) is 13.7. The third-order valence-corrected chi connectivity index (χ3v) is 3.43. The predicted octanol–water partition coefficient (Wildman–Crippen LogP) is 3.37. The largest absolute Gasteiger partial charge is 0.494 e. The SMILES string of the molecule is COc1ccc(C(=O)CCCC2CCCO2)cc1F. The van der Waals surface area contributed by atoms with Crippen LogP contribution in [0.5, 0.6) is 5.75 Å². The van der Waals surface area contributed by atoms with Crippen LogP contribution in [-0.2, 0) is 4.74 Å². The molecular formula is C15H19FO3. The van der Waals surface area contributed by atoms with E-state index in [9.17, 15) is 9.18 Å². The van der Waals surface area contributed by atoms with Crippen LogP contribution in [0.2, 0.25) is 0 Å². The van der Waals surface area contributed by atoms with Gasteiger partial charge < -0.3 is 9.47 Å². The molecule has 2 rings (SSSR count). The molecule has 104 valence electrons. The molecule has 3 nitrogen and oxygen atoms in total. The van der Waals surface area contributed by atoms with Gasteiger partial charge in [-0.25, -0.2) is 4.39 Å². The highest BCUT2D eigenvalue weighted by Crippen LogP contribution is 2.21. The fourth-order valence-corrected chi connectivity index (χ4v) is 2.35. The number of methoxy groups -OCH3 is 1. The van der Waals surface area contributed by atoms with Gasteiger partial charge in [-0.3, -0.25) is 4.79 Å². The number of hydrogen-bond donors (Lipinski definition) is 0. The van der Waals surface area contributed by atoms with Crippen LogP contribution in [0, 0.1) is 5.82 Å². The molecule has 1 aromatic carbocycles. The fraction of sp³-hybridized carbons (Fsp3) is 0.533. The van der Waals surface area contributed by atoms with Gasteiger partial charge in [0.25, 0.3) is 0 Å². The van der Waals surface area contributed by atoms with Crippen molar-refractivity contribution in [3.05, 3.63) is 29.6 Å². The van der Waals surface area contributed by atoms with Crippen molar-refractivity contribution in [3.8, 4) is 5.75 Å². The second-order valence-corrected chi connectivity index (χ2v) is 4.80. The molecule has 0 saturated carbocycles. The van der Waals surface area contributed by atoms with Gasteiger partial charge in [-0.1, -0.05) is 0 Å². The van der Waals surface area contributed by atoms with Gasteiger partial charge >= 0.3 is 0 Å². The van der Waals surface area contributed by atoms with Crippen LogP contribution in [-0.4, -0.2) is 25.6 Å². The van der Waals surface area contributed by atoms with E-state index in [1.165, 1.54) is 19.2 Å². The lowest BCUT2D eigenvalue weighted by molar-refractivity contribution is 0.0922. The van der Waals surface area contributed by atoms with Crippen molar-refractivity contribution >= 4 is 5.78 Å². The summed E-state index contributed by atoms with van der Waals surface area (Å²) in [5, 5.41) is 0. The van der Waals surface area contributed by atoms with E-state index in [2.05, 4.69) is 0 Å². The van der Waals surface area contributed by atoms with Crippen molar-refractivity contribution in [3.63, 3.8) is 0 Å². The number of Topliss-reactive ketones (excluding diaryl/α,β-unsaturated/α-hetero) is 1. The van der Waals surface area contributed by atoms with E-state index in [0.717, 1.165) is 32.3 Å².